The Morgan fingerprint density at radius 3 is 2.70 bits per heavy atom. The molecule has 116 valence electrons. The predicted molar refractivity (Wildman–Crippen MR) is 86.4 cm³/mol. The van der Waals surface area contributed by atoms with Crippen LogP contribution in [0.4, 0.5) is 0 Å². The molecule has 1 aromatic carbocycles. The molecule has 2 aromatic heterocycles. The fraction of sp³-hybridized carbons (Fsp3) is 0.167. The number of rotatable bonds is 4. The molecule has 0 spiro atoms. The van der Waals surface area contributed by atoms with Gasteiger partial charge >= 0.3 is 0 Å². The van der Waals surface area contributed by atoms with Crippen molar-refractivity contribution >= 4 is 5.78 Å². The van der Waals surface area contributed by atoms with Gasteiger partial charge in [-0.15, -0.1) is 0 Å². The van der Waals surface area contributed by atoms with Crippen LogP contribution < -0.4 is 5.56 Å². The molecule has 0 amide bonds. The Hall–Kier alpha value is -2.95. The predicted octanol–water partition coefficient (Wildman–Crippen LogP) is 3.00. The van der Waals surface area contributed by atoms with E-state index >= 15 is 0 Å². The Balaban J connectivity index is 1.92. The van der Waals surface area contributed by atoms with E-state index in [2.05, 4.69) is 5.10 Å². The molecule has 0 N–H and O–H groups in total. The maximum atomic E-state index is 12.5. The van der Waals surface area contributed by atoms with Crippen LogP contribution in [0.2, 0.25) is 0 Å². The zero-order chi connectivity index (χ0) is 16.4. The highest BCUT2D eigenvalue weighted by molar-refractivity contribution is 5.97. The Bertz CT molecular complexity index is 908. The summed E-state index contributed by atoms with van der Waals surface area (Å²) in [6, 6.07) is 12.1. The van der Waals surface area contributed by atoms with Crippen molar-refractivity contribution < 1.29 is 9.21 Å². The largest absolute Gasteiger partial charge is 0.463 e. The minimum absolute atomic E-state index is 0.0999. The van der Waals surface area contributed by atoms with E-state index in [9.17, 15) is 9.59 Å². The Morgan fingerprint density at radius 1 is 1.17 bits per heavy atom. The monoisotopic (exact) mass is 308 g/mol. The van der Waals surface area contributed by atoms with Gasteiger partial charge in [-0.3, -0.25) is 9.59 Å². The van der Waals surface area contributed by atoms with Crippen LogP contribution in [-0.4, -0.2) is 15.6 Å². The maximum absolute atomic E-state index is 12.5. The van der Waals surface area contributed by atoms with Crippen molar-refractivity contribution in [2.24, 2.45) is 0 Å². The second-order valence-electron chi connectivity index (χ2n) is 5.43. The summed E-state index contributed by atoms with van der Waals surface area (Å²) >= 11 is 0. The molecule has 0 aliphatic carbocycles. The number of hydrogen-bond acceptors (Lipinski definition) is 4. The molecule has 0 saturated carbocycles. The number of furan rings is 1. The van der Waals surface area contributed by atoms with Crippen LogP contribution in [0.5, 0.6) is 0 Å². The molecule has 0 aliphatic heterocycles. The standard InChI is InChI=1S/C18H16N2O3/c1-12-5-6-14(13(2)10-12)16(21)11-20-18(22)8-7-15(19-20)17-4-3-9-23-17/h3-10H,11H2,1-2H3. The van der Waals surface area contributed by atoms with Crippen molar-refractivity contribution in [3.8, 4) is 11.5 Å². The number of aromatic nitrogens is 2. The van der Waals surface area contributed by atoms with Gasteiger partial charge in [0.05, 0.1) is 6.26 Å². The van der Waals surface area contributed by atoms with Crippen molar-refractivity contribution in [2.75, 3.05) is 0 Å². The molecular formula is C18H16N2O3. The smallest absolute Gasteiger partial charge is 0.267 e. The summed E-state index contributed by atoms with van der Waals surface area (Å²) in [4.78, 5) is 24.4. The summed E-state index contributed by atoms with van der Waals surface area (Å²) in [6.07, 6.45) is 1.53. The minimum atomic E-state index is -0.321. The highest BCUT2D eigenvalue weighted by Crippen LogP contribution is 2.16. The first-order chi connectivity index (χ1) is 11.0. The lowest BCUT2D eigenvalue weighted by atomic mass is 10.0. The number of ketones is 1. The second-order valence-corrected chi connectivity index (χ2v) is 5.43. The van der Waals surface area contributed by atoms with E-state index < -0.39 is 0 Å². The third-order valence-corrected chi connectivity index (χ3v) is 3.62. The average molecular weight is 308 g/mol. The molecule has 0 unspecified atom stereocenters. The number of Topliss-reactive ketones (excluding diaryl/α,β-unsaturated/α-hetero) is 1. The fourth-order valence-corrected chi connectivity index (χ4v) is 2.47. The molecule has 0 bridgehead atoms. The molecule has 0 radical (unpaired) electrons. The van der Waals surface area contributed by atoms with E-state index in [0.29, 0.717) is 17.0 Å². The fourth-order valence-electron chi connectivity index (χ4n) is 2.47. The van der Waals surface area contributed by atoms with E-state index in [0.717, 1.165) is 11.1 Å². The second kappa shape index (κ2) is 6.04. The molecule has 0 fully saturated rings. The number of hydrogen-bond donors (Lipinski definition) is 0. The van der Waals surface area contributed by atoms with Gasteiger partial charge in [0.1, 0.15) is 12.2 Å². The number of benzene rings is 1. The summed E-state index contributed by atoms with van der Waals surface area (Å²) in [5.41, 5.74) is 2.79. The first kappa shape index (κ1) is 15.0. The van der Waals surface area contributed by atoms with E-state index in [1.807, 2.05) is 26.0 Å². The van der Waals surface area contributed by atoms with Gasteiger partial charge in [-0.2, -0.15) is 5.10 Å². The minimum Gasteiger partial charge on any atom is -0.463 e. The maximum Gasteiger partial charge on any atom is 0.267 e. The van der Waals surface area contributed by atoms with Crippen molar-refractivity contribution in [1.82, 2.24) is 9.78 Å². The molecule has 0 saturated heterocycles. The highest BCUT2D eigenvalue weighted by atomic mass is 16.3. The lowest BCUT2D eigenvalue weighted by molar-refractivity contribution is 0.0965. The van der Waals surface area contributed by atoms with Crippen LogP contribution in [0.3, 0.4) is 0 Å². The summed E-state index contributed by atoms with van der Waals surface area (Å²) in [6.45, 7) is 3.76. The zero-order valence-corrected chi connectivity index (χ0v) is 12.9. The van der Waals surface area contributed by atoms with Gasteiger partial charge in [0, 0.05) is 11.6 Å². The van der Waals surface area contributed by atoms with Gasteiger partial charge in [-0.25, -0.2) is 4.68 Å². The van der Waals surface area contributed by atoms with Gasteiger partial charge in [0.15, 0.2) is 11.5 Å². The van der Waals surface area contributed by atoms with Crippen molar-refractivity contribution in [3.63, 3.8) is 0 Å². The Kier molecular flexibility index (Phi) is 3.93. The summed E-state index contributed by atoms with van der Waals surface area (Å²) in [5.74, 6) is 0.409. The molecular weight excluding hydrogens is 292 g/mol. The third kappa shape index (κ3) is 3.13. The molecule has 0 atom stereocenters. The summed E-state index contributed by atoms with van der Waals surface area (Å²) in [7, 11) is 0. The van der Waals surface area contributed by atoms with Crippen LogP contribution in [-0.2, 0) is 6.54 Å². The highest BCUT2D eigenvalue weighted by Gasteiger charge is 2.13. The van der Waals surface area contributed by atoms with Gasteiger partial charge in [-0.05, 0) is 37.6 Å². The quantitative estimate of drug-likeness (QED) is 0.695. The van der Waals surface area contributed by atoms with Crippen LogP contribution >= 0.6 is 0 Å². The summed E-state index contributed by atoms with van der Waals surface area (Å²) < 4.78 is 6.44. The van der Waals surface area contributed by atoms with Gasteiger partial charge < -0.3 is 4.42 Å². The Morgan fingerprint density at radius 2 is 2.00 bits per heavy atom. The first-order valence-electron chi connectivity index (χ1n) is 7.27. The SMILES string of the molecule is Cc1ccc(C(=O)Cn2nc(-c3ccco3)ccc2=O)c(C)c1. The molecule has 3 rings (SSSR count). The lowest BCUT2D eigenvalue weighted by Crippen LogP contribution is -2.26. The zero-order valence-electron chi connectivity index (χ0n) is 12.9. The lowest BCUT2D eigenvalue weighted by Gasteiger charge is -2.08. The molecule has 2 heterocycles. The van der Waals surface area contributed by atoms with E-state index in [1.165, 1.54) is 17.0 Å². The topological polar surface area (TPSA) is 65.1 Å². The number of carbonyl (C=O) groups excluding carboxylic acids is 1. The van der Waals surface area contributed by atoms with Crippen molar-refractivity contribution in [3.05, 3.63) is 75.8 Å². The van der Waals surface area contributed by atoms with Crippen LogP contribution in [0.1, 0.15) is 21.5 Å². The van der Waals surface area contributed by atoms with Gasteiger partial charge in [0.25, 0.3) is 5.56 Å². The van der Waals surface area contributed by atoms with Crippen LogP contribution in [0.15, 0.2) is 57.9 Å². The summed E-state index contributed by atoms with van der Waals surface area (Å²) in [5, 5.41) is 4.22. The van der Waals surface area contributed by atoms with Gasteiger partial charge in [-0.1, -0.05) is 23.8 Å². The van der Waals surface area contributed by atoms with Crippen LogP contribution in [0, 0.1) is 13.8 Å². The molecule has 5 heteroatoms. The Labute approximate surface area is 133 Å². The van der Waals surface area contributed by atoms with Crippen molar-refractivity contribution in [2.45, 2.75) is 20.4 Å². The molecule has 3 aromatic rings. The average Bonchev–Trinajstić information content (AvgIpc) is 3.03. The van der Waals surface area contributed by atoms with E-state index in [4.69, 9.17) is 4.42 Å². The van der Waals surface area contributed by atoms with E-state index in [-0.39, 0.29) is 17.9 Å². The molecule has 23 heavy (non-hydrogen) atoms. The number of carbonyl (C=O) groups is 1. The number of nitrogens with zero attached hydrogens (tertiary/aromatic N) is 2. The van der Waals surface area contributed by atoms with Crippen LogP contribution in [0.25, 0.3) is 11.5 Å². The number of aryl methyl sites for hydroxylation is 2. The van der Waals surface area contributed by atoms with Crippen molar-refractivity contribution in [1.29, 1.82) is 0 Å². The first-order valence-corrected chi connectivity index (χ1v) is 7.27. The van der Waals surface area contributed by atoms with E-state index in [1.54, 1.807) is 24.3 Å². The third-order valence-electron chi connectivity index (χ3n) is 3.62. The normalized spacial score (nSPS) is 10.7. The van der Waals surface area contributed by atoms with Gasteiger partial charge in [0.2, 0.25) is 0 Å². The molecule has 0 aliphatic rings. The molecule has 5 nitrogen and oxygen atoms in total.